The minimum absolute atomic E-state index is 0.187. The zero-order valence-electron chi connectivity index (χ0n) is 7.20. The van der Waals surface area contributed by atoms with E-state index in [9.17, 15) is 18.0 Å². The van der Waals surface area contributed by atoms with Crippen LogP contribution in [0.15, 0.2) is 10.5 Å². The largest absolute Gasteiger partial charge is 0.300 e. The smallest absolute Gasteiger partial charge is 0.165 e. The van der Waals surface area contributed by atoms with Gasteiger partial charge in [-0.1, -0.05) is 0 Å². The molecule has 0 saturated carbocycles. The molecule has 1 nitrogen and oxygen atoms in total. The molecule has 0 fully saturated rings. The van der Waals surface area contributed by atoms with Crippen LogP contribution in [0.3, 0.4) is 0 Å². The third-order valence-corrected chi connectivity index (χ3v) is 2.21. The van der Waals surface area contributed by atoms with Crippen LogP contribution in [0.25, 0.3) is 0 Å². The van der Waals surface area contributed by atoms with Gasteiger partial charge in [-0.05, 0) is 28.9 Å². The van der Waals surface area contributed by atoms with Crippen molar-refractivity contribution < 1.29 is 18.0 Å². The lowest BCUT2D eigenvalue weighted by molar-refractivity contribution is -0.116. The Balaban J connectivity index is 3.31. The molecule has 1 aromatic rings. The standard InChI is InChI=1S/C9H6BrF3O/c1-4(14)2-5-8(12)6(10)3-7(11)9(5)13/h3H,2H2,1H3. The van der Waals surface area contributed by atoms with Gasteiger partial charge in [0.05, 0.1) is 4.47 Å². The van der Waals surface area contributed by atoms with E-state index < -0.39 is 35.2 Å². The lowest BCUT2D eigenvalue weighted by Gasteiger charge is -2.05. The normalized spacial score (nSPS) is 10.4. The van der Waals surface area contributed by atoms with Gasteiger partial charge in [0.1, 0.15) is 11.6 Å². The zero-order valence-corrected chi connectivity index (χ0v) is 8.79. The number of carbonyl (C=O) groups is 1. The van der Waals surface area contributed by atoms with E-state index in [4.69, 9.17) is 0 Å². The second-order valence-corrected chi connectivity index (χ2v) is 3.68. The van der Waals surface area contributed by atoms with E-state index in [0.717, 1.165) is 0 Å². The molecule has 1 rings (SSSR count). The summed E-state index contributed by atoms with van der Waals surface area (Å²) in [5.74, 6) is -3.84. The Labute approximate surface area is 87.1 Å². The molecule has 5 heteroatoms. The summed E-state index contributed by atoms with van der Waals surface area (Å²) in [6.07, 6.45) is -0.450. The summed E-state index contributed by atoms with van der Waals surface area (Å²) in [5.41, 5.74) is -0.538. The molecule has 0 atom stereocenters. The molecule has 0 bridgehead atoms. The van der Waals surface area contributed by atoms with Crippen LogP contribution in [0.2, 0.25) is 0 Å². The Kier molecular flexibility index (Phi) is 3.31. The summed E-state index contributed by atoms with van der Waals surface area (Å²) < 4.78 is 38.8. The van der Waals surface area contributed by atoms with E-state index in [1.807, 2.05) is 0 Å². The van der Waals surface area contributed by atoms with Crippen LogP contribution in [0.4, 0.5) is 13.2 Å². The van der Waals surface area contributed by atoms with E-state index in [-0.39, 0.29) is 4.47 Å². The van der Waals surface area contributed by atoms with E-state index in [1.165, 1.54) is 6.92 Å². The molecule has 0 aromatic heterocycles. The highest BCUT2D eigenvalue weighted by Gasteiger charge is 2.18. The minimum Gasteiger partial charge on any atom is -0.300 e. The number of ketones is 1. The lowest BCUT2D eigenvalue weighted by atomic mass is 10.1. The average Bonchev–Trinajstić information content (AvgIpc) is 2.09. The van der Waals surface area contributed by atoms with Crippen molar-refractivity contribution >= 4 is 21.7 Å². The van der Waals surface area contributed by atoms with E-state index in [1.54, 1.807) is 0 Å². The molecule has 0 heterocycles. The molecule has 0 unspecified atom stereocenters. The van der Waals surface area contributed by atoms with Gasteiger partial charge in [0.15, 0.2) is 11.6 Å². The van der Waals surface area contributed by atoms with Gasteiger partial charge in [-0.25, -0.2) is 13.2 Å². The number of carbonyl (C=O) groups excluding carboxylic acids is 1. The maximum Gasteiger partial charge on any atom is 0.165 e. The molecule has 0 aliphatic heterocycles. The number of hydrogen-bond donors (Lipinski definition) is 0. The quantitative estimate of drug-likeness (QED) is 0.753. The molecule has 0 spiro atoms. The van der Waals surface area contributed by atoms with Gasteiger partial charge in [0.2, 0.25) is 0 Å². The predicted molar refractivity (Wildman–Crippen MR) is 48.4 cm³/mol. The lowest BCUT2D eigenvalue weighted by Crippen LogP contribution is -2.05. The molecule has 0 N–H and O–H groups in total. The van der Waals surface area contributed by atoms with E-state index >= 15 is 0 Å². The van der Waals surface area contributed by atoms with Crippen LogP contribution in [-0.4, -0.2) is 5.78 Å². The van der Waals surface area contributed by atoms with Crippen molar-refractivity contribution in [3.05, 3.63) is 33.6 Å². The Morgan fingerprint density at radius 1 is 1.36 bits per heavy atom. The average molecular weight is 267 g/mol. The van der Waals surface area contributed by atoms with Crippen LogP contribution in [0.1, 0.15) is 12.5 Å². The maximum atomic E-state index is 13.2. The van der Waals surface area contributed by atoms with Crippen molar-refractivity contribution in [2.45, 2.75) is 13.3 Å². The molecule has 1 aromatic carbocycles. The van der Waals surface area contributed by atoms with Crippen LogP contribution in [0.5, 0.6) is 0 Å². The second-order valence-electron chi connectivity index (χ2n) is 2.83. The fraction of sp³-hybridized carbons (Fsp3) is 0.222. The van der Waals surface area contributed by atoms with Crippen molar-refractivity contribution in [3.63, 3.8) is 0 Å². The van der Waals surface area contributed by atoms with Gasteiger partial charge in [-0.2, -0.15) is 0 Å². The highest BCUT2D eigenvalue weighted by Crippen LogP contribution is 2.24. The minimum atomic E-state index is -1.30. The number of benzene rings is 1. The molecule has 14 heavy (non-hydrogen) atoms. The maximum absolute atomic E-state index is 13.2. The molecule has 76 valence electrons. The van der Waals surface area contributed by atoms with Gasteiger partial charge >= 0.3 is 0 Å². The highest BCUT2D eigenvalue weighted by atomic mass is 79.9. The third kappa shape index (κ3) is 2.15. The van der Waals surface area contributed by atoms with Crippen LogP contribution in [-0.2, 0) is 11.2 Å². The van der Waals surface area contributed by atoms with Gasteiger partial charge < -0.3 is 0 Å². The Hall–Kier alpha value is -0.840. The van der Waals surface area contributed by atoms with Crippen LogP contribution >= 0.6 is 15.9 Å². The Morgan fingerprint density at radius 3 is 2.43 bits per heavy atom. The first-order valence-electron chi connectivity index (χ1n) is 3.74. The fourth-order valence-corrected chi connectivity index (χ4v) is 1.47. The van der Waals surface area contributed by atoms with Crippen molar-refractivity contribution in [2.75, 3.05) is 0 Å². The van der Waals surface area contributed by atoms with Crippen LogP contribution < -0.4 is 0 Å². The van der Waals surface area contributed by atoms with E-state index in [2.05, 4.69) is 15.9 Å². The molecular weight excluding hydrogens is 261 g/mol. The van der Waals surface area contributed by atoms with Gasteiger partial charge in [0.25, 0.3) is 0 Å². The van der Waals surface area contributed by atoms with Gasteiger partial charge in [-0.3, -0.25) is 4.79 Å². The summed E-state index contributed by atoms with van der Waals surface area (Å²) in [7, 11) is 0. The Bertz CT molecular complexity index is 364. The van der Waals surface area contributed by atoms with Gasteiger partial charge in [-0.15, -0.1) is 0 Å². The molecule has 0 saturated heterocycles. The first kappa shape index (κ1) is 11.2. The molecule has 0 amide bonds. The summed E-state index contributed by atoms with van der Waals surface area (Å²) in [4.78, 5) is 10.7. The molecule has 0 aliphatic rings. The van der Waals surface area contributed by atoms with Gasteiger partial charge in [0, 0.05) is 12.0 Å². The second kappa shape index (κ2) is 4.13. The third-order valence-electron chi connectivity index (χ3n) is 1.63. The number of rotatable bonds is 2. The fourth-order valence-electron chi connectivity index (χ4n) is 1.03. The summed E-state index contributed by atoms with van der Waals surface area (Å²) in [6.45, 7) is 1.18. The van der Waals surface area contributed by atoms with Crippen LogP contribution in [0, 0.1) is 17.5 Å². The predicted octanol–water partition coefficient (Wildman–Crippen LogP) is 3.00. The SMILES string of the molecule is CC(=O)Cc1c(F)c(F)cc(Br)c1F. The van der Waals surface area contributed by atoms with Crippen molar-refractivity contribution in [1.29, 1.82) is 0 Å². The number of hydrogen-bond acceptors (Lipinski definition) is 1. The van der Waals surface area contributed by atoms with Crippen molar-refractivity contribution in [2.24, 2.45) is 0 Å². The van der Waals surface area contributed by atoms with Crippen molar-refractivity contribution in [1.82, 2.24) is 0 Å². The zero-order chi connectivity index (χ0) is 10.9. The first-order chi connectivity index (χ1) is 6.43. The van der Waals surface area contributed by atoms with E-state index in [0.29, 0.717) is 6.07 Å². The molecule has 0 radical (unpaired) electrons. The Morgan fingerprint density at radius 2 is 1.93 bits per heavy atom. The summed E-state index contributed by atoms with van der Waals surface area (Å²) >= 11 is 2.73. The summed E-state index contributed by atoms with van der Waals surface area (Å²) in [5, 5.41) is 0. The summed E-state index contributed by atoms with van der Waals surface area (Å²) in [6, 6.07) is 0.689. The highest BCUT2D eigenvalue weighted by molar-refractivity contribution is 9.10. The monoisotopic (exact) mass is 266 g/mol. The molecular formula is C9H6BrF3O. The topological polar surface area (TPSA) is 17.1 Å². The molecule has 0 aliphatic carbocycles. The number of Topliss-reactive ketones (excluding diaryl/α,β-unsaturated/α-hetero) is 1. The van der Waals surface area contributed by atoms with Crippen molar-refractivity contribution in [3.8, 4) is 0 Å². The number of halogens is 4. The first-order valence-corrected chi connectivity index (χ1v) is 4.54.